The van der Waals surface area contributed by atoms with Gasteiger partial charge in [0.05, 0.1) is 15.7 Å². The van der Waals surface area contributed by atoms with E-state index in [4.69, 9.17) is 23.2 Å². The minimum absolute atomic E-state index is 0.120. The molecule has 2 aromatic heterocycles. The Balaban J connectivity index is 1.17. The summed E-state index contributed by atoms with van der Waals surface area (Å²) in [6, 6.07) is 13.2. The number of nitrogens with one attached hydrogen (secondary N) is 1. The molecule has 1 amide bonds. The van der Waals surface area contributed by atoms with Crippen molar-refractivity contribution in [1.82, 2.24) is 28.9 Å². The van der Waals surface area contributed by atoms with E-state index in [9.17, 15) is 14.4 Å². The Morgan fingerprint density at radius 2 is 1.63 bits per heavy atom. The zero-order valence-electron chi connectivity index (χ0n) is 22.5. The molecule has 4 heterocycles. The van der Waals surface area contributed by atoms with Gasteiger partial charge in [-0.05, 0) is 36.4 Å². The van der Waals surface area contributed by atoms with Crippen LogP contribution in [0.3, 0.4) is 0 Å². The first kappa shape index (κ1) is 27.3. The maximum atomic E-state index is 13.3. The van der Waals surface area contributed by atoms with E-state index < -0.39 is 11.2 Å². The lowest BCUT2D eigenvalue weighted by molar-refractivity contribution is -0.136. The van der Waals surface area contributed by atoms with E-state index in [2.05, 4.69) is 25.1 Å². The van der Waals surface area contributed by atoms with Crippen LogP contribution >= 0.6 is 23.2 Å². The highest BCUT2D eigenvalue weighted by atomic mass is 35.5. The second-order valence-corrected chi connectivity index (χ2v) is 11.1. The number of piperazine rings is 1. The molecule has 41 heavy (non-hydrogen) atoms. The highest BCUT2D eigenvalue weighted by Gasteiger charge is 2.34. The smallest absolute Gasteiger partial charge is 0.337 e. The van der Waals surface area contributed by atoms with E-state index in [0.29, 0.717) is 6.04 Å². The molecule has 0 spiro atoms. The van der Waals surface area contributed by atoms with E-state index in [-0.39, 0.29) is 38.6 Å². The molecular weight excluding hydrogens is 567 g/mol. The van der Waals surface area contributed by atoms with Gasteiger partial charge in [-0.2, -0.15) is 4.98 Å². The molecule has 2 saturated heterocycles. The Labute approximate surface area is 245 Å². The molecule has 4 aromatic rings. The normalized spacial score (nSPS) is 16.2. The summed E-state index contributed by atoms with van der Waals surface area (Å²) in [5, 5.41) is 3.67. The maximum absolute atomic E-state index is 13.3. The van der Waals surface area contributed by atoms with E-state index in [1.807, 2.05) is 29.2 Å². The number of carbonyl (C=O) groups is 1. The number of rotatable bonds is 5. The Hall–Kier alpha value is -3.93. The third-order valence-electron chi connectivity index (χ3n) is 7.79. The molecule has 2 aliphatic heterocycles. The van der Waals surface area contributed by atoms with Crippen molar-refractivity contribution in [3.63, 3.8) is 0 Å². The number of hydrogen-bond donors (Lipinski definition) is 1. The first-order chi connectivity index (χ1) is 19.7. The number of fused-ring (bicyclic) bond motifs is 1. The Morgan fingerprint density at radius 1 is 0.976 bits per heavy atom. The number of aryl methyl sites for hydroxylation is 1. The van der Waals surface area contributed by atoms with Crippen LogP contribution in [0.15, 0.2) is 58.3 Å². The minimum Gasteiger partial charge on any atom is -0.369 e. The molecule has 0 radical (unpaired) electrons. The number of carbonyl (C=O) groups excluding carboxylic acids is 1. The van der Waals surface area contributed by atoms with Crippen molar-refractivity contribution in [3.8, 4) is 5.69 Å². The molecule has 0 atom stereocenters. The summed E-state index contributed by atoms with van der Waals surface area (Å²) in [7, 11) is 1.53. The molecule has 2 aliphatic rings. The molecule has 0 saturated carbocycles. The molecule has 1 N–H and O–H groups in total. The zero-order valence-corrected chi connectivity index (χ0v) is 24.1. The van der Waals surface area contributed by atoms with Gasteiger partial charge < -0.3 is 15.1 Å². The number of benzene rings is 2. The van der Waals surface area contributed by atoms with E-state index in [0.717, 1.165) is 55.2 Å². The van der Waals surface area contributed by atoms with Crippen LogP contribution in [0.25, 0.3) is 16.7 Å². The van der Waals surface area contributed by atoms with Crippen LogP contribution < -0.4 is 21.5 Å². The van der Waals surface area contributed by atoms with E-state index in [1.165, 1.54) is 17.8 Å². The monoisotopic (exact) mass is 594 g/mol. The van der Waals surface area contributed by atoms with E-state index >= 15 is 0 Å². The van der Waals surface area contributed by atoms with Crippen LogP contribution in [0.4, 0.5) is 17.3 Å². The molecular formula is C28H28Cl2N8O3. The van der Waals surface area contributed by atoms with E-state index in [1.54, 1.807) is 25.1 Å². The average molecular weight is 595 g/mol. The van der Waals surface area contributed by atoms with Crippen molar-refractivity contribution in [2.75, 3.05) is 49.5 Å². The summed E-state index contributed by atoms with van der Waals surface area (Å²) in [4.78, 5) is 53.4. The molecule has 13 heteroatoms. The number of hydrogen-bond acceptors (Lipinski definition) is 8. The van der Waals surface area contributed by atoms with Crippen molar-refractivity contribution >= 4 is 57.5 Å². The lowest BCUT2D eigenvalue weighted by Crippen LogP contribution is -2.63. The highest BCUT2D eigenvalue weighted by Crippen LogP contribution is 2.27. The second kappa shape index (κ2) is 10.8. The third kappa shape index (κ3) is 5.05. The van der Waals surface area contributed by atoms with Crippen LogP contribution in [0, 0.1) is 0 Å². The van der Waals surface area contributed by atoms with Gasteiger partial charge in [0.25, 0.3) is 5.56 Å². The molecule has 6 rings (SSSR count). The quantitative estimate of drug-likeness (QED) is 0.376. The summed E-state index contributed by atoms with van der Waals surface area (Å²) < 4.78 is 2.21. The molecule has 11 nitrogen and oxygen atoms in total. The number of amides is 1. The average Bonchev–Trinajstić information content (AvgIpc) is 2.93. The fourth-order valence-corrected chi connectivity index (χ4v) is 5.93. The lowest BCUT2D eigenvalue weighted by atomic mass is 10.1. The summed E-state index contributed by atoms with van der Waals surface area (Å²) in [5.41, 5.74) is 0.961. The first-order valence-electron chi connectivity index (χ1n) is 13.3. The van der Waals surface area contributed by atoms with Gasteiger partial charge in [-0.15, -0.1) is 0 Å². The predicted molar refractivity (Wildman–Crippen MR) is 160 cm³/mol. The third-order valence-corrected chi connectivity index (χ3v) is 8.40. The second-order valence-electron chi connectivity index (χ2n) is 10.3. The topological polar surface area (TPSA) is 109 Å². The minimum atomic E-state index is -0.625. The van der Waals surface area contributed by atoms with Gasteiger partial charge in [0.15, 0.2) is 5.65 Å². The van der Waals surface area contributed by atoms with Crippen molar-refractivity contribution in [3.05, 3.63) is 79.5 Å². The zero-order chi connectivity index (χ0) is 28.8. The SMILES string of the molecule is CC(=O)N1CC(N2CCN(c3ccc(Nc4ncc5c(=O)n(-c6c(Cl)cccc6Cl)c(=O)n(C)c5n4)cc3)CC2)C1. The number of likely N-dealkylation sites (tertiary alicyclic amines) is 1. The standard InChI is InChI=1S/C28H28Cl2N8O3/c1-17(39)37-15-20(16-37)36-12-10-35(11-13-36)19-8-6-18(7-9-19)32-27-31-14-21-25(33-27)34(2)28(41)38(26(21)40)24-22(29)4-3-5-23(24)30/h3-9,14,20H,10-13,15-16H2,1-2H3,(H,31,32,33). The van der Waals surface area contributed by atoms with Crippen molar-refractivity contribution in [2.45, 2.75) is 13.0 Å². The van der Waals surface area contributed by atoms with Crippen molar-refractivity contribution in [2.24, 2.45) is 7.05 Å². The van der Waals surface area contributed by atoms with Gasteiger partial charge in [0.2, 0.25) is 11.9 Å². The van der Waals surface area contributed by atoms with Crippen LogP contribution in [-0.4, -0.2) is 80.1 Å². The molecule has 2 aromatic carbocycles. The highest BCUT2D eigenvalue weighted by molar-refractivity contribution is 6.37. The molecule has 2 fully saturated rings. The fraction of sp³-hybridized carbons (Fsp3) is 0.321. The van der Waals surface area contributed by atoms with Crippen molar-refractivity contribution in [1.29, 1.82) is 0 Å². The van der Waals surface area contributed by atoms with Gasteiger partial charge in [-0.1, -0.05) is 29.3 Å². The molecule has 0 bridgehead atoms. The van der Waals surface area contributed by atoms with Gasteiger partial charge in [-0.3, -0.25) is 19.1 Å². The number of aromatic nitrogens is 4. The number of anilines is 3. The summed E-state index contributed by atoms with van der Waals surface area (Å²) in [5.74, 6) is 0.399. The van der Waals surface area contributed by atoms with Crippen molar-refractivity contribution < 1.29 is 4.79 Å². The Kier molecular flexibility index (Phi) is 7.18. The summed E-state index contributed by atoms with van der Waals surface area (Å²) in [6.45, 7) is 7.04. The van der Waals surface area contributed by atoms with Crippen LogP contribution in [0.5, 0.6) is 0 Å². The maximum Gasteiger partial charge on any atom is 0.337 e. The Bertz CT molecular complexity index is 1740. The van der Waals surface area contributed by atoms with Crippen LogP contribution in [-0.2, 0) is 11.8 Å². The lowest BCUT2D eigenvalue weighted by Gasteiger charge is -2.48. The molecule has 212 valence electrons. The Morgan fingerprint density at radius 3 is 2.27 bits per heavy atom. The van der Waals surface area contributed by atoms with Gasteiger partial charge in [0.1, 0.15) is 5.39 Å². The number of halogens is 2. The molecule has 0 unspecified atom stereocenters. The largest absolute Gasteiger partial charge is 0.369 e. The summed E-state index contributed by atoms with van der Waals surface area (Å²) >= 11 is 12.6. The predicted octanol–water partition coefficient (Wildman–Crippen LogP) is 2.88. The number of nitrogens with zero attached hydrogens (tertiary/aromatic N) is 7. The number of para-hydroxylation sites is 1. The fourth-order valence-electron chi connectivity index (χ4n) is 5.36. The summed E-state index contributed by atoms with van der Waals surface area (Å²) in [6.07, 6.45) is 1.39. The first-order valence-corrected chi connectivity index (χ1v) is 14.0. The molecule has 0 aliphatic carbocycles. The van der Waals surface area contributed by atoms with Gasteiger partial charge in [-0.25, -0.2) is 14.3 Å². The van der Waals surface area contributed by atoms with Gasteiger partial charge >= 0.3 is 5.69 Å². The van der Waals surface area contributed by atoms with Gasteiger partial charge in [0, 0.05) is 76.9 Å². The van der Waals surface area contributed by atoms with Crippen LogP contribution in [0.2, 0.25) is 10.0 Å². The van der Waals surface area contributed by atoms with Crippen LogP contribution in [0.1, 0.15) is 6.92 Å².